The molecule has 0 bridgehead atoms. The Hall–Kier alpha value is -2.63. The molecule has 0 saturated carbocycles. The Morgan fingerprint density at radius 1 is 1.11 bits per heavy atom. The summed E-state index contributed by atoms with van der Waals surface area (Å²) < 4.78 is 31.2. The smallest absolute Gasteiger partial charge is 0.276 e. The van der Waals surface area contributed by atoms with E-state index in [1.807, 2.05) is 32.0 Å². The molecule has 1 aromatic heterocycles. The lowest BCUT2D eigenvalue weighted by Crippen LogP contribution is -2.45. The Balaban J connectivity index is 0.00000320. The summed E-state index contributed by atoms with van der Waals surface area (Å²) in [5.74, 6) is -0.797. The fourth-order valence-corrected chi connectivity index (χ4v) is 7.10. The van der Waals surface area contributed by atoms with Crippen LogP contribution in [0.2, 0.25) is 0 Å². The number of piperazine rings is 1. The first-order valence-electron chi connectivity index (χ1n) is 12.5. The van der Waals surface area contributed by atoms with Crippen molar-refractivity contribution in [2.24, 2.45) is 11.8 Å². The SMILES string of the molecule is CC(C)[C@H]1C(=O)N(S(C)(=O)=O)[C@H]2CCN(C(=O)c3cc(CN4CCN(c5ccccc5)CC4)on3)[C@H]12.Cl. The molecule has 0 unspecified atom stereocenters. The van der Waals surface area contributed by atoms with E-state index < -0.39 is 33.9 Å². The van der Waals surface area contributed by atoms with Crippen molar-refractivity contribution in [1.82, 2.24) is 19.3 Å². The average molecular weight is 552 g/mol. The summed E-state index contributed by atoms with van der Waals surface area (Å²) in [5.41, 5.74) is 1.41. The zero-order chi connectivity index (χ0) is 25.6. The molecule has 3 aliphatic rings. The van der Waals surface area contributed by atoms with E-state index >= 15 is 0 Å². The van der Waals surface area contributed by atoms with Crippen LogP contribution in [0, 0.1) is 11.8 Å². The third kappa shape index (κ3) is 5.21. The minimum Gasteiger partial charge on any atom is -0.369 e. The van der Waals surface area contributed by atoms with Gasteiger partial charge in [0.15, 0.2) is 11.5 Å². The number of hydrogen-bond acceptors (Lipinski definition) is 8. The molecule has 4 heterocycles. The molecule has 1 aromatic carbocycles. The molecule has 202 valence electrons. The number of anilines is 1. The summed E-state index contributed by atoms with van der Waals surface area (Å²) in [4.78, 5) is 32.7. The maximum Gasteiger partial charge on any atom is 0.276 e. The predicted molar refractivity (Wildman–Crippen MR) is 141 cm³/mol. The third-order valence-corrected chi connectivity index (χ3v) is 8.74. The number of likely N-dealkylation sites (tertiary alicyclic amines) is 1. The number of nitrogens with zero attached hydrogens (tertiary/aromatic N) is 5. The van der Waals surface area contributed by atoms with Crippen LogP contribution < -0.4 is 4.90 Å². The molecule has 2 amide bonds. The number of amides is 2. The fraction of sp³-hybridized carbons (Fsp3) is 0.560. The summed E-state index contributed by atoms with van der Waals surface area (Å²) in [7, 11) is -3.72. The van der Waals surface area contributed by atoms with Gasteiger partial charge in [0.05, 0.1) is 30.8 Å². The number of carbonyl (C=O) groups excluding carboxylic acids is 2. The number of benzene rings is 1. The predicted octanol–water partition coefficient (Wildman–Crippen LogP) is 2.08. The van der Waals surface area contributed by atoms with Crippen LogP contribution in [0.25, 0.3) is 0 Å². The first-order valence-corrected chi connectivity index (χ1v) is 14.3. The molecule has 37 heavy (non-hydrogen) atoms. The van der Waals surface area contributed by atoms with Crippen molar-refractivity contribution >= 4 is 39.9 Å². The Morgan fingerprint density at radius 3 is 2.41 bits per heavy atom. The maximum atomic E-state index is 13.4. The molecule has 3 saturated heterocycles. The molecule has 3 atom stereocenters. The van der Waals surface area contributed by atoms with E-state index in [1.54, 1.807) is 11.0 Å². The van der Waals surface area contributed by atoms with Gasteiger partial charge in [0.2, 0.25) is 15.9 Å². The molecule has 5 rings (SSSR count). The van der Waals surface area contributed by atoms with Crippen LogP contribution in [-0.2, 0) is 21.4 Å². The van der Waals surface area contributed by atoms with Gasteiger partial charge in [-0.15, -0.1) is 12.4 Å². The highest BCUT2D eigenvalue weighted by atomic mass is 35.5. The molecule has 0 radical (unpaired) electrons. The van der Waals surface area contributed by atoms with Gasteiger partial charge in [0.25, 0.3) is 5.91 Å². The molecule has 3 aliphatic heterocycles. The van der Waals surface area contributed by atoms with Gasteiger partial charge in [-0.2, -0.15) is 0 Å². The number of hydrogen-bond donors (Lipinski definition) is 0. The van der Waals surface area contributed by atoms with E-state index in [0.29, 0.717) is 25.3 Å². The van der Waals surface area contributed by atoms with Crippen LogP contribution in [0.1, 0.15) is 36.5 Å². The summed E-state index contributed by atoms with van der Waals surface area (Å²) in [6.07, 6.45) is 1.48. The Kier molecular flexibility index (Phi) is 7.87. The standard InChI is InChI=1S/C25H33N5O5S.ClH/c1-17(2)22-23-21(30(25(22)32)36(3,33)34)9-10-29(23)24(31)20-15-19(35-26-20)16-27-11-13-28(14-12-27)18-7-5-4-6-8-18;/h4-8,15,17,21-23H,9-14,16H2,1-3H3;1H/t21-,22+,23-;/m0./s1. The van der Waals surface area contributed by atoms with Gasteiger partial charge < -0.3 is 14.3 Å². The van der Waals surface area contributed by atoms with Crippen molar-refractivity contribution in [2.75, 3.05) is 43.9 Å². The van der Waals surface area contributed by atoms with Crippen molar-refractivity contribution in [1.29, 1.82) is 0 Å². The summed E-state index contributed by atoms with van der Waals surface area (Å²) in [6.45, 7) is 8.26. The van der Waals surface area contributed by atoms with Gasteiger partial charge in [0.1, 0.15) is 0 Å². The molecule has 10 nitrogen and oxygen atoms in total. The van der Waals surface area contributed by atoms with Gasteiger partial charge in [-0.1, -0.05) is 37.2 Å². The molecular formula is C25H34ClN5O5S. The van der Waals surface area contributed by atoms with Crippen molar-refractivity contribution in [3.05, 3.63) is 47.9 Å². The van der Waals surface area contributed by atoms with Gasteiger partial charge >= 0.3 is 0 Å². The van der Waals surface area contributed by atoms with Gasteiger partial charge in [-0.05, 0) is 24.5 Å². The van der Waals surface area contributed by atoms with Crippen LogP contribution in [0.15, 0.2) is 40.9 Å². The quantitative estimate of drug-likeness (QED) is 0.537. The van der Waals surface area contributed by atoms with Gasteiger partial charge in [0, 0.05) is 44.5 Å². The first kappa shape index (κ1) is 27.4. The van der Waals surface area contributed by atoms with Crippen LogP contribution in [0.4, 0.5) is 5.69 Å². The summed E-state index contributed by atoms with van der Waals surface area (Å²) >= 11 is 0. The molecular weight excluding hydrogens is 518 g/mol. The molecule has 0 spiro atoms. The number of fused-ring (bicyclic) bond motifs is 1. The highest BCUT2D eigenvalue weighted by Crippen LogP contribution is 2.41. The maximum absolute atomic E-state index is 13.4. The van der Waals surface area contributed by atoms with E-state index in [-0.39, 0.29) is 29.9 Å². The van der Waals surface area contributed by atoms with Crippen LogP contribution in [0.3, 0.4) is 0 Å². The van der Waals surface area contributed by atoms with Crippen molar-refractivity contribution < 1.29 is 22.5 Å². The zero-order valence-electron chi connectivity index (χ0n) is 21.3. The monoisotopic (exact) mass is 551 g/mol. The summed E-state index contributed by atoms with van der Waals surface area (Å²) in [6, 6.07) is 11.0. The molecule has 12 heteroatoms. The van der Waals surface area contributed by atoms with E-state index in [2.05, 4.69) is 27.1 Å². The van der Waals surface area contributed by atoms with Gasteiger partial charge in [-0.3, -0.25) is 14.5 Å². The van der Waals surface area contributed by atoms with E-state index in [0.717, 1.165) is 36.7 Å². The van der Waals surface area contributed by atoms with Crippen LogP contribution >= 0.6 is 12.4 Å². The molecule has 0 N–H and O–H groups in total. The van der Waals surface area contributed by atoms with Crippen LogP contribution in [-0.4, -0.2) is 90.6 Å². The minimum atomic E-state index is -3.72. The lowest BCUT2D eigenvalue weighted by molar-refractivity contribution is -0.129. The minimum absolute atomic E-state index is 0. The normalized spacial score (nSPS) is 24.5. The van der Waals surface area contributed by atoms with Crippen molar-refractivity contribution in [3.63, 3.8) is 0 Å². The van der Waals surface area contributed by atoms with Crippen LogP contribution in [0.5, 0.6) is 0 Å². The van der Waals surface area contributed by atoms with Gasteiger partial charge in [-0.25, -0.2) is 12.7 Å². The van der Waals surface area contributed by atoms with Crippen molar-refractivity contribution in [3.8, 4) is 0 Å². The number of aromatic nitrogens is 1. The first-order chi connectivity index (χ1) is 17.1. The Bertz CT molecular complexity index is 1230. The number of carbonyl (C=O) groups is 2. The molecule has 2 aromatic rings. The van der Waals surface area contributed by atoms with E-state index in [4.69, 9.17) is 4.52 Å². The topological polar surface area (TPSA) is 107 Å². The zero-order valence-corrected chi connectivity index (χ0v) is 23.0. The Morgan fingerprint density at radius 2 is 1.78 bits per heavy atom. The number of para-hydroxylation sites is 1. The molecule has 0 aliphatic carbocycles. The van der Waals surface area contributed by atoms with Crippen molar-refractivity contribution in [2.45, 2.75) is 38.9 Å². The number of sulfonamides is 1. The van der Waals surface area contributed by atoms with E-state index in [1.165, 1.54) is 5.69 Å². The van der Waals surface area contributed by atoms with E-state index in [9.17, 15) is 18.0 Å². The number of rotatable bonds is 6. The number of halogens is 1. The largest absolute Gasteiger partial charge is 0.369 e. The average Bonchev–Trinajstić information content (AvgIpc) is 3.53. The third-order valence-electron chi connectivity index (χ3n) is 7.58. The second-order valence-corrected chi connectivity index (χ2v) is 12.1. The summed E-state index contributed by atoms with van der Waals surface area (Å²) in [5, 5.41) is 4.04. The second kappa shape index (κ2) is 10.6. The molecule has 3 fully saturated rings. The lowest BCUT2D eigenvalue weighted by Gasteiger charge is -2.35. The second-order valence-electron chi connectivity index (χ2n) is 10.3. The fourth-order valence-electron chi connectivity index (χ4n) is 5.93. The highest BCUT2D eigenvalue weighted by Gasteiger charge is 2.58. The highest BCUT2D eigenvalue weighted by molar-refractivity contribution is 7.88. The lowest BCUT2D eigenvalue weighted by atomic mass is 9.88. The Labute approximate surface area is 224 Å².